The summed E-state index contributed by atoms with van der Waals surface area (Å²) < 4.78 is 0. The van der Waals surface area contributed by atoms with Gasteiger partial charge in [0.1, 0.15) is 5.82 Å². The Labute approximate surface area is 117 Å². The number of nitrogens with zero attached hydrogens (tertiary/aromatic N) is 4. The Hall–Kier alpha value is -1.82. The topological polar surface area (TPSA) is 67.9 Å². The largest absolute Gasteiger partial charge is 0.368 e. The van der Waals surface area contributed by atoms with Crippen LogP contribution in [0.4, 0.5) is 11.9 Å². The van der Waals surface area contributed by atoms with Gasteiger partial charge in [-0.25, -0.2) is 0 Å². The van der Waals surface area contributed by atoms with Crippen LogP contribution in [-0.4, -0.2) is 29.0 Å². The van der Waals surface area contributed by atoms with Gasteiger partial charge >= 0.3 is 0 Å². The number of nitrogens with two attached hydrogens (primary N) is 1. The zero-order chi connectivity index (χ0) is 13.8. The Balaban J connectivity index is 2.21. The summed E-state index contributed by atoms with van der Waals surface area (Å²) in [4.78, 5) is 15.7. The van der Waals surface area contributed by atoms with Crippen molar-refractivity contribution < 1.29 is 0 Å². The minimum absolute atomic E-state index is 0.117. The molecule has 2 N–H and O–H groups in total. The first-order valence-corrected chi connectivity index (χ1v) is 6.84. The van der Waals surface area contributed by atoms with E-state index in [4.69, 9.17) is 5.73 Å². The lowest BCUT2D eigenvalue weighted by Crippen LogP contribution is -2.16. The van der Waals surface area contributed by atoms with Crippen LogP contribution in [0.15, 0.2) is 35.2 Å². The molecule has 1 atom stereocenters. The Bertz CT molecular complexity index is 544. The van der Waals surface area contributed by atoms with Crippen molar-refractivity contribution in [1.82, 2.24) is 15.0 Å². The van der Waals surface area contributed by atoms with E-state index in [2.05, 4.69) is 34.0 Å². The maximum atomic E-state index is 5.73. The molecule has 100 valence electrons. The molecule has 6 heteroatoms. The lowest BCUT2D eigenvalue weighted by Gasteiger charge is -2.14. The smallest absolute Gasteiger partial charge is 0.229 e. The highest BCUT2D eigenvalue weighted by atomic mass is 32.2. The van der Waals surface area contributed by atoms with E-state index in [1.807, 2.05) is 37.2 Å². The first-order chi connectivity index (χ1) is 9.06. The summed E-state index contributed by atoms with van der Waals surface area (Å²) in [5.74, 6) is 1.54. The van der Waals surface area contributed by atoms with Crippen LogP contribution in [0.1, 0.15) is 18.0 Å². The molecule has 1 heterocycles. The van der Waals surface area contributed by atoms with Gasteiger partial charge in [-0.1, -0.05) is 18.2 Å². The number of thioether (sulfide) groups is 1. The zero-order valence-electron chi connectivity index (χ0n) is 11.2. The Morgan fingerprint density at radius 2 is 1.79 bits per heavy atom. The lowest BCUT2D eigenvalue weighted by atomic mass is 10.4. The highest BCUT2D eigenvalue weighted by molar-refractivity contribution is 7.99. The molecule has 0 aliphatic rings. The molecule has 0 bridgehead atoms. The molecule has 1 aromatic carbocycles. The third-order valence-electron chi connectivity index (χ3n) is 2.48. The second kappa shape index (κ2) is 5.88. The lowest BCUT2D eigenvalue weighted by molar-refractivity contribution is 0.865. The first-order valence-electron chi connectivity index (χ1n) is 5.96. The average molecular weight is 275 g/mol. The van der Waals surface area contributed by atoms with Gasteiger partial charge in [-0.3, -0.25) is 0 Å². The third-order valence-corrected chi connectivity index (χ3v) is 3.59. The predicted molar refractivity (Wildman–Crippen MR) is 79.3 cm³/mol. The van der Waals surface area contributed by atoms with Gasteiger partial charge in [0.25, 0.3) is 0 Å². The van der Waals surface area contributed by atoms with Crippen molar-refractivity contribution in [1.29, 1.82) is 0 Å². The van der Waals surface area contributed by atoms with Gasteiger partial charge in [-0.2, -0.15) is 15.0 Å². The van der Waals surface area contributed by atoms with Crippen LogP contribution in [-0.2, 0) is 0 Å². The standard InChI is InChI=1S/C13H17N5S/c1-9(19-10-7-5-4-6-8-10)11-15-12(14)17-13(16-11)18(2)3/h4-9H,1-3H3,(H2,14,15,16,17)/t9-/m1/s1. The molecule has 19 heavy (non-hydrogen) atoms. The number of nitrogen functional groups attached to an aromatic ring is 1. The van der Waals surface area contributed by atoms with E-state index < -0.39 is 0 Å². The minimum atomic E-state index is 0.117. The quantitative estimate of drug-likeness (QED) is 0.864. The van der Waals surface area contributed by atoms with Gasteiger partial charge in [-0.05, 0) is 19.1 Å². The summed E-state index contributed by atoms with van der Waals surface area (Å²) in [6.45, 7) is 2.06. The number of hydrogen-bond donors (Lipinski definition) is 1. The Morgan fingerprint density at radius 3 is 2.42 bits per heavy atom. The Kier molecular flexibility index (Phi) is 4.21. The number of aromatic nitrogens is 3. The second-order valence-corrected chi connectivity index (χ2v) is 5.73. The summed E-state index contributed by atoms with van der Waals surface area (Å²) >= 11 is 1.70. The van der Waals surface area contributed by atoms with Crippen LogP contribution in [0.5, 0.6) is 0 Å². The summed E-state index contributed by atoms with van der Waals surface area (Å²) in [5, 5.41) is 0.117. The van der Waals surface area contributed by atoms with Crippen LogP contribution < -0.4 is 10.6 Å². The SMILES string of the molecule is C[C@@H](Sc1ccccc1)c1nc(N)nc(N(C)C)n1. The van der Waals surface area contributed by atoms with Crippen LogP contribution in [0.25, 0.3) is 0 Å². The van der Waals surface area contributed by atoms with Crippen molar-refractivity contribution in [2.75, 3.05) is 24.7 Å². The molecule has 0 aliphatic heterocycles. The van der Waals surface area contributed by atoms with E-state index in [0.29, 0.717) is 11.8 Å². The van der Waals surface area contributed by atoms with Gasteiger partial charge in [0.05, 0.1) is 5.25 Å². The molecule has 0 radical (unpaired) electrons. The van der Waals surface area contributed by atoms with Crippen molar-refractivity contribution in [3.8, 4) is 0 Å². The van der Waals surface area contributed by atoms with Crippen molar-refractivity contribution in [2.24, 2.45) is 0 Å². The highest BCUT2D eigenvalue weighted by Gasteiger charge is 2.14. The molecular formula is C13H17N5S. The van der Waals surface area contributed by atoms with E-state index in [1.165, 1.54) is 4.90 Å². The van der Waals surface area contributed by atoms with E-state index >= 15 is 0 Å². The molecule has 0 unspecified atom stereocenters. The van der Waals surface area contributed by atoms with E-state index in [9.17, 15) is 0 Å². The van der Waals surface area contributed by atoms with Crippen molar-refractivity contribution in [3.05, 3.63) is 36.2 Å². The fourth-order valence-electron chi connectivity index (χ4n) is 1.53. The van der Waals surface area contributed by atoms with Crippen LogP contribution in [0.2, 0.25) is 0 Å². The summed E-state index contributed by atoms with van der Waals surface area (Å²) in [6, 6.07) is 10.2. The fraction of sp³-hybridized carbons (Fsp3) is 0.308. The number of hydrogen-bond acceptors (Lipinski definition) is 6. The molecule has 0 amide bonds. The van der Waals surface area contributed by atoms with Crippen molar-refractivity contribution in [3.63, 3.8) is 0 Å². The van der Waals surface area contributed by atoms with Crippen molar-refractivity contribution >= 4 is 23.7 Å². The van der Waals surface area contributed by atoms with Gasteiger partial charge in [0.2, 0.25) is 11.9 Å². The molecule has 0 spiro atoms. The second-order valence-electron chi connectivity index (χ2n) is 4.32. The normalized spacial score (nSPS) is 12.2. The average Bonchev–Trinajstić information content (AvgIpc) is 2.39. The number of benzene rings is 1. The number of anilines is 2. The van der Waals surface area contributed by atoms with Gasteiger partial charge in [0.15, 0.2) is 0 Å². The maximum absolute atomic E-state index is 5.73. The monoisotopic (exact) mass is 275 g/mol. The van der Waals surface area contributed by atoms with E-state index in [0.717, 1.165) is 0 Å². The minimum Gasteiger partial charge on any atom is -0.368 e. The third kappa shape index (κ3) is 3.57. The molecule has 0 aliphatic carbocycles. The number of rotatable bonds is 4. The fourth-order valence-corrected chi connectivity index (χ4v) is 2.47. The molecule has 1 aromatic heterocycles. The van der Waals surface area contributed by atoms with Gasteiger partial charge < -0.3 is 10.6 Å². The predicted octanol–water partition coefficient (Wildman–Crippen LogP) is 2.37. The summed E-state index contributed by atoms with van der Waals surface area (Å²) in [5.41, 5.74) is 5.73. The van der Waals surface area contributed by atoms with Gasteiger partial charge in [-0.15, -0.1) is 11.8 Å². The summed E-state index contributed by atoms with van der Waals surface area (Å²) in [7, 11) is 3.76. The zero-order valence-corrected chi connectivity index (χ0v) is 12.1. The molecule has 2 rings (SSSR count). The molecule has 0 saturated heterocycles. The molecule has 2 aromatic rings. The van der Waals surface area contributed by atoms with E-state index in [1.54, 1.807) is 11.8 Å². The molecule has 0 fully saturated rings. The summed E-state index contributed by atoms with van der Waals surface area (Å²) in [6.07, 6.45) is 0. The van der Waals surface area contributed by atoms with Crippen LogP contribution in [0.3, 0.4) is 0 Å². The maximum Gasteiger partial charge on any atom is 0.229 e. The molecular weight excluding hydrogens is 258 g/mol. The van der Waals surface area contributed by atoms with Gasteiger partial charge in [0, 0.05) is 19.0 Å². The van der Waals surface area contributed by atoms with Crippen LogP contribution >= 0.6 is 11.8 Å². The molecule has 5 nitrogen and oxygen atoms in total. The van der Waals surface area contributed by atoms with Crippen molar-refractivity contribution in [2.45, 2.75) is 17.1 Å². The Morgan fingerprint density at radius 1 is 1.11 bits per heavy atom. The highest BCUT2D eigenvalue weighted by Crippen LogP contribution is 2.33. The van der Waals surface area contributed by atoms with Crippen LogP contribution in [0, 0.1) is 0 Å². The first kappa shape index (κ1) is 13.6. The molecule has 0 saturated carbocycles. The van der Waals surface area contributed by atoms with E-state index in [-0.39, 0.29) is 11.2 Å².